The van der Waals surface area contributed by atoms with Crippen molar-refractivity contribution in [3.8, 4) is 0 Å². The highest BCUT2D eigenvalue weighted by molar-refractivity contribution is 5.79. The number of hydrogen-bond acceptors (Lipinski definition) is 4. The van der Waals surface area contributed by atoms with Gasteiger partial charge in [0.2, 0.25) is 0 Å². The van der Waals surface area contributed by atoms with E-state index in [9.17, 15) is 9.59 Å². The zero-order chi connectivity index (χ0) is 11.0. The van der Waals surface area contributed by atoms with E-state index in [1.807, 2.05) is 0 Å². The Hall–Kier alpha value is -1.14. The molecule has 0 aliphatic carbocycles. The standard InChI is InChI=1S/C8H15NO5/c1-3-13-9(14-4-2)7(10)5-6-8(11)12/h3-6H2,1-2H3,(H,11,12). The van der Waals surface area contributed by atoms with E-state index >= 15 is 0 Å². The molecule has 0 spiro atoms. The number of carbonyl (C=O) groups is 2. The van der Waals surface area contributed by atoms with E-state index in [1.165, 1.54) is 0 Å². The lowest BCUT2D eigenvalue weighted by Gasteiger charge is -2.18. The van der Waals surface area contributed by atoms with Crippen LogP contribution in [0.15, 0.2) is 0 Å². The number of carboxylic acid groups (broad SMARTS) is 1. The molecule has 0 fully saturated rings. The fourth-order valence-electron chi connectivity index (χ4n) is 0.721. The van der Waals surface area contributed by atoms with Gasteiger partial charge in [-0.1, -0.05) is 5.23 Å². The summed E-state index contributed by atoms with van der Waals surface area (Å²) in [7, 11) is 0. The Bertz CT molecular complexity index is 188. The third kappa shape index (κ3) is 5.50. The van der Waals surface area contributed by atoms with Crippen LogP contribution in [-0.2, 0) is 19.3 Å². The summed E-state index contributed by atoms with van der Waals surface area (Å²) in [5, 5.41) is 9.09. The summed E-state index contributed by atoms with van der Waals surface area (Å²) in [6.45, 7) is 3.99. The maximum Gasteiger partial charge on any atom is 0.303 e. The maximum atomic E-state index is 11.2. The van der Waals surface area contributed by atoms with Crippen LogP contribution >= 0.6 is 0 Å². The molecular weight excluding hydrogens is 190 g/mol. The molecule has 6 nitrogen and oxygen atoms in total. The highest BCUT2D eigenvalue weighted by Gasteiger charge is 2.15. The van der Waals surface area contributed by atoms with Gasteiger partial charge in [0.25, 0.3) is 5.91 Å². The minimum atomic E-state index is -1.02. The molecule has 6 heteroatoms. The van der Waals surface area contributed by atoms with E-state index in [1.54, 1.807) is 13.8 Å². The minimum Gasteiger partial charge on any atom is -0.481 e. The molecule has 0 rings (SSSR count). The van der Waals surface area contributed by atoms with Gasteiger partial charge in [-0.15, -0.1) is 0 Å². The Kier molecular flexibility index (Phi) is 6.69. The third-order valence-electron chi connectivity index (χ3n) is 1.25. The first kappa shape index (κ1) is 12.9. The fraction of sp³-hybridized carbons (Fsp3) is 0.750. The monoisotopic (exact) mass is 205 g/mol. The topological polar surface area (TPSA) is 76.1 Å². The normalized spacial score (nSPS) is 9.86. The molecule has 0 aromatic rings. The molecule has 0 aliphatic heterocycles. The highest BCUT2D eigenvalue weighted by atomic mass is 17.0. The second-order valence-electron chi connectivity index (χ2n) is 2.38. The molecule has 1 N–H and O–H groups in total. The number of rotatable bonds is 7. The largest absolute Gasteiger partial charge is 0.481 e. The van der Waals surface area contributed by atoms with Gasteiger partial charge in [-0.05, 0) is 13.8 Å². The summed E-state index contributed by atoms with van der Waals surface area (Å²) < 4.78 is 0. The summed E-state index contributed by atoms with van der Waals surface area (Å²) in [5.74, 6) is -1.51. The van der Waals surface area contributed by atoms with Crippen molar-refractivity contribution in [2.24, 2.45) is 0 Å². The molecule has 0 aromatic carbocycles. The van der Waals surface area contributed by atoms with Crippen molar-refractivity contribution in [3.63, 3.8) is 0 Å². The molecule has 0 atom stereocenters. The smallest absolute Gasteiger partial charge is 0.303 e. The van der Waals surface area contributed by atoms with Crippen LogP contribution in [0.25, 0.3) is 0 Å². The van der Waals surface area contributed by atoms with E-state index in [0.29, 0.717) is 13.2 Å². The average Bonchev–Trinajstić information content (AvgIpc) is 2.14. The SMILES string of the molecule is CCON(OCC)C(=O)CCC(=O)O. The minimum absolute atomic E-state index is 0.130. The van der Waals surface area contributed by atoms with Crippen molar-refractivity contribution < 1.29 is 24.4 Å². The van der Waals surface area contributed by atoms with Gasteiger partial charge in [0.1, 0.15) is 0 Å². The second kappa shape index (κ2) is 7.28. The molecule has 0 radical (unpaired) electrons. The van der Waals surface area contributed by atoms with Gasteiger partial charge >= 0.3 is 5.97 Å². The quantitative estimate of drug-likeness (QED) is 0.615. The summed E-state index contributed by atoms with van der Waals surface area (Å²) in [5.41, 5.74) is 0. The summed E-state index contributed by atoms with van der Waals surface area (Å²) in [6.07, 6.45) is -0.356. The third-order valence-corrected chi connectivity index (χ3v) is 1.25. The molecule has 82 valence electrons. The average molecular weight is 205 g/mol. The lowest BCUT2D eigenvalue weighted by Crippen LogP contribution is -2.31. The van der Waals surface area contributed by atoms with Crippen LogP contribution in [0.2, 0.25) is 0 Å². The molecule has 14 heavy (non-hydrogen) atoms. The lowest BCUT2D eigenvalue weighted by molar-refractivity contribution is -0.338. The first-order valence-corrected chi connectivity index (χ1v) is 4.42. The summed E-state index contributed by atoms with van der Waals surface area (Å²) in [6, 6.07) is 0. The van der Waals surface area contributed by atoms with Gasteiger partial charge in [-0.2, -0.15) is 0 Å². The number of hydroxylamine groups is 2. The Morgan fingerprint density at radius 2 is 1.64 bits per heavy atom. The maximum absolute atomic E-state index is 11.2. The molecule has 1 amide bonds. The molecule has 0 heterocycles. The first-order valence-electron chi connectivity index (χ1n) is 4.42. The Morgan fingerprint density at radius 3 is 2.00 bits per heavy atom. The van der Waals surface area contributed by atoms with Crippen molar-refractivity contribution in [3.05, 3.63) is 0 Å². The van der Waals surface area contributed by atoms with Crippen LogP contribution in [0.4, 0.5) is 0 Å². The van der Waals surface area contributed by atoms with E-state index in [4.69, 9.17) is 14.8 Å². The Labute approximate surface area is 82.3 Å². The zero-order valence-corrected chi connectivity index (χ0v) is 8.36. The fourth-order valence-corrected chi connectivity index (χ4v) is 0.721. The number of carbonyl (C=O) groups excluding carboxylic acids is 1. The van der Waals surface area contributed by atoms with Gasteiger partial charge in [0.05, 0.1) is 19.6 Å². The van der Waals surface area contributed by atoms with Gasteiger partial charge < -0.3 is 5.11 Å². The summed E-state index contributed by atoms with van der Waals surface area (Å²) in [4.78, 5) is 31.1. The number of amides is 1. The van der Waals surface area contributed by atoms with E-state index in [-0.39, 0.29) is 12.8 Å². The van der Waals surface area contributed by atoms with E-state index < -0.39 is 11.9 Å². The van der Waals surface area contributed by atoms with Gasteiger partial charge in [-0.3, -0.25) is 9.59 Å². The molecule has 0 bridgehead atoms. The zero-order valence-electron chi connectivity index (χ0n) is 8.36. The number of nitrogens with zero attached hydrogens (tertiary/aromatic N) is 1. The van der Waals surface area contributed by atoms with E-state index in [2.05, 4.69) is 0 Å². The Balaban J connectivity index is 3.94. The van der Waals surface area contributed by atoms with Crippen LogP contribution in [0.5, 0.6) is 0 Å². The summed E-state index contributed by atoms with van der Waals surface area (Å²) >= 11 is 0. The molecule has 0 saturated heterocycles. The molecule has 0 saturated carbocycles. The predicted octanol–water partition coefficient (Wildman–Crippen LogP) is 0.583. The molecule has 0 aromatic heterocycles. The number of aliphatic carboxylic acids is 1. The van der Waals surface area contributed by atoms with Crippen LogP contribution in [0, 0.1) is 0 Å². The molecule has 0 unspecified atom stereocenters. The van der Waals surface area contributed by atoms with Crippen molar-refractivity contribution in [2.75, 3.05) is 13.2 Å². The van der Waals surface area contributed by atoms with E-state index in [0.717, 1.165) is 5.23 Å². The van der Waals surface area contributed by atoms with Gasteiger partial charge in [0.15, 0.2) is 0 Å². The Morgan fingerprint density at radius 1 is 1.14 bits per heavy atom. The van der Waals surface area contributed by atoms with Gasteiger partial charge in [-0.25, -0.2) is 9.68 Å². The number of carboxylic acids is 1. The highest BCUT2D eigenvalue weighted by Crippen LogP contribution is 2.00. The van der Waals surface area contributed by atoms with Crippen LogP contribution in [0.3, 0.4) is 0 Å². The number of hydrogen-bond donors (Lipinski definition) is 1. The van der Waals surface area contributed by atoms with Crippen LogP contribution in [-0.4, -0.2) is 35.4 Å². The van der Waals surface area contributed by atoms with Crippen molar-refractivity contribution in [1.82, 2.24) is 5.23 Å². The van der Waals surface area contributed by atoms with Crippen molar-refractivity contribution in [2.45, 2.75) is 26.7 Å². The predicted molar refractivity (Wildman–Crippen MR) is 47.0 cm³/mol. The lowest BCUT2D eigenvalue weighted by atomic mass is 10.3. The van der Waals surface area contributed by atoms with Gasteiger partial charge in [0, 0.05) is 6.42 Å². The van der Waals surface area contributed by atoms with Crippen LogP contribution < -0.4 is 0 Å². The molecule has 0 aliphatic rings. The van der Waals surface area contributed by atoms with Crippen LogP contribution in [0.1, 0.15) is 26.7 Å². The first-order chi connectivity index (χ1) is 6.61. The van der Waals surface area contributed by atoms with Crippen molar-refractivity contribution >= 4 is 11.9 Å². The molecular formula is C8H15NO5. The second-order valence-corrected chi connectivity index (χ2v) is 2.38. The van der Waals surface area contributed by atoms with Crippen molar-refractivity contribution in [1.29, 1.82) is 0 Å².